The molecule has 1 amide bonds. The summed E-state index contributed by atoms with van der Waals surface area (Å²) < 4.78 is 0.892. The van der Waals surface area contributed by atoms with Crippen molar-refractivity contribution in [1.82, 2.24) is 0 Å². The maximum atomic E-state index is 11.2. The first-order valence-electron chi connectivity index (χ1n) is 3.96. The van der Waals surface area contributed by atoms with Gasteiger partial charge in [-0.25, -0.2) is 0 Å². The van der Waals surface area contributed by atoms with Gasteiger partial charge in [-0.3, -0.25) is 4.79 Å². The van der Waals surface area contributed by atoms with E-state index in [4.69, 9.17) is 5.73 Å². The number of fused-ring (bicyclic) bond motifs is 1. The predicted octanol–water partition coefficient (Wildman–Crippen LogP) is 1.71. The molecule has 0 bridgehead atoms. The summed E-state index contributed by atoms with van der Waals surface area (Å²) in [5.41, 5.74) is 8.47. The van der Waals surface area contributed by atoms with Crippen molar-refractivity contribution in [2.45, 2.75) is 13.0 Å². The summed E-state index contributed by atoms with van der Waals surface area (Å²) in [6, 6.07) is 3.37. The quantitative estimate of drug-likeness (QED) is 0.726. The third-order valence-electron chi connectivity index (χ3n) is 2.13. The zero-order valence-corrected chi connectivity index (χ0v) is 8.68. The van der Waals surface area contributed by atoms with Crippen LogP contribution in [0.4, 0.5) is 5.69 Å². The van der Waals surface area contributed by atoms with Gasteiger partial charge >= 0.3 is 0 Å². The molecule has 13 heavy (non-hydrogen) atoms. The first-order chi connectivity index (χ1) is 6.09. The molecule has 0 fully saturated rings. The number of carbonyl (C=O) groups is 1. The molecule has 1 aromatic rings. The SMILES string of the molecule is Cc1cc(Br)c2c(c1)C(N)C(=O)N2. The van der Waals surface area contributed by atoms with Gasteiger partial charge in [-0.2, -0.15) is 0 Å². The fourth-order valence-corrected chi connectivity index (χ4v) is 2.18. The van der Waals surface area contributed by atoms with Gasteiger partial charge in [-0.15, -0.1) is 0 Å². The minimum Gasteiger partial charge on any atom is -0.323 e. The first kappa shape index (κ1) is 8.72. The second kappa shape index (κ2) is 2.82. The zero-order valence-electron chi connectivity index (χ0n) is 7.10. The molecule has 4 heteroatoms. The van der Waals surface area contributed by atoms with E-state index >= 15 is 0 Å². The standard InChI is InChI=1S/C9H9BrN2O/c1-4-2-5-7(11)9(13)12-8(5)6(10)3-4/h2-3,7H,11H2,1H3,(H,12,13). The maximum absolute atomic E-state index is 11.2. The lowest BCUT2D eigenvalue weighted by molar-refractivity contribution is -0.116. The molecule has 0 aromatic heterocycles. The van der Waals surface area contributed by atoms with Gasteiger partial charge in [0, 0.05) is 10.0 Å². The number of rotatable bonds is 0. The fourth-order valence-electron chi connectivity index (χ4n) is 1.49. The van der Waals surface area contributed by atoms with Gasteiger partial charge in [0.1, 0.15) is 6.04 Å². The third kappa shape index (κ3) is 1.26. The number of amides is 1. The van der Waals surface area contributed by atoms with Crippen molar-refractivity contribution in [2.24, 2.45) is 5.73 Å². The highest BCUT2D eigenvalue weighted by Gasteiger charge is 2.28. The van der Waals surface area contributed by atoms with E-state index in [0.717, 1.165) is 21.3 Å². The Labute approximate surface area is 84.4 Å². The Morgan fingerprint density at radius 1 is 1.54 bits per heavy atom. The number of anilines is 1. The van der Waals surface area contributed by atoms with Crippen molar-refractivity contribution in [2.75, 3.05) is 5.32 Å². The molecule has 3 nitrogen and oxygen atoms in total. The van der Waals surface area contributed by atoms with E-state index < -0.39 is 6.04 Å². The predicted molar refractivity (Wildman–Crippen MR) is 54.4 cm³/mol. The Morgan fingerprint density at radius 3 is 2.92 bits per heavy atom. The molecule has 1 aromatic carbocycles. The number of halogens is 1. The van der Waals surface area contributed by atoms with Crippen molar-refractivity contribution < 1.29 is 4.79 Å². The molecule has 0 spiro atoms. The summed E-state index contributed by atoms with van der Waals surface area (Å²) in [6.07, 6.45) is 0. The Balaban J connectivity index is 2.63. The molecule has 1 atom stereocenters. The number of aryl methyl sites for hydroxylation is 1. The average molecular weight is 241 g/mol. The molecule has 0 radical (unpaired) electrons. The van der Waals surface area contributed by atoms with Gasteiger partial charge in [-0.05, 0) is 34.5 Å². The largest absolute Gasteiger partial charge is 0.323 e. The number of hydrogen-bond acceptors (Lipinski definition) is 2. The van der Waals surface area contributed by atoms with E-state index in [1.807, 2.05) is 19.1 Å². The Kier molecular flexibility index (Phi) is 1.89. The molecule has 3 N–H and O–H groups in total. The van der Waals surface area contributed by atoms with Crippen LogP contribution >= 0.6 is 15.9 Å². The summed E-state index contributed by atoms with van der Waals surface area (Å²) in [5.74, 6) is -0.138. The number of nitrogens with one attached hydrogen (secondary N) is 1. The van der Waals surface area contributed by atoms with Crippen LogP contribution in [-0.2, 0) is 4.79 Å². The van der Waals surface area contributed by atoms with Crippen LogP contribution in [-0.4, -0.2) is 5.91 Å². The van der Waals surface area contributed by atoms with E-state index in [9.17, 15) is 4.79 Å². The normalized spacial score (nSPS) is 19.9. The lowest BCUT2D eigenvalue weighted by atomic mass is 10.1. The number of carbonyl (C=O) groups excluding carboxylic acids is 1. The van der Waals surface area contributed by atoms with Gasteiger partial charge in [-0.1, -0.05) is 6.07 Å². The topological polar surface area (TPSA) is 55.1 Å². The monoisotopic (exact) mass is 240 g/mol. The minimum absolute atomic E-state index is 0.138. The van der Waals surface area contributed by atoms with E-state index in [-0.39, 0.29) is 5.91 Å². The number of benzene rings is 1. The van der Waals surface area contributed by atoms with E-state index in [1.54, 1.807) is 0 Å². The van der Waals surface area contributed by atoms with Crippen molar-refractivity contribution >= 4 is 27.5 Å². The van der Waals surface area contributed by atoms with Crippen LogP contribution in [0.25, 0.3) is 0 Å². The minimum atomic E-state index is -0.522. The van der Waals surface area contributed by atoms with E-state index in [1.165, 1.54) is 0 Å². The first-order valence-corrected chi connectivity index (χ1v) is 4.75. The van der Waals surface area contributed by atoms with Crippen LogP contribution in [0.3, 0.4) is 0 Å². The van der Waals surface area contributed by atoms with Gasteiger partial charge < -0.3 is 11.1 Å². The van der Waals surface area contributed by atoms with Crippen molar-refractivity contribution in [3.05, 3.63) is 27.7 Å². The summed E-state index contributed by atoms with van der Waals surface area (Å²) in [5, 5.41) is 2.73. The summed E-state index contributed by atoms with van der Waals surface area (Å²) in [4.78, 5) is 11.2. The molecule has 0 saturated heterocycles. The Hall–Kier alpha value is -0.870. The van der Waals surface area contributed by atoms with Crippen molar-refractivity contribution in [3.63, 3.8) is 0 Å². The Morgan fingerprint density at radius 2 is 2.23 bits per heavy atom. The lowest BCUT2D eigenvalue weighted by Gasteiger charge is -2.04. The molecule has 0 aliphatic carbocycles. The van der Waals surface area contributed by atoms with Crippen LogP contribution in [0.1, 0.15) is 17.2 Å². The second-order valence-corrected chi connectivity index (χ2v) is 4.03. The summed E-state index contributed by atoms with van der Waals surface area (Å²) in [7, 11) is 0. The fraction of sp³-hybridized carbons (Fsp3) is 0.222. The maximum Gasteiger partial charge on any atom is 0.246 e. The van der Waals surface area contributed by atoms with Gasteiger partial charge in [0.05, 0.1) is 5.69 Å². The van der Waals surface area contributed by atoms with Gasteiger partial charge in [0.2, 0.25) is 5.91 Å². The van der Waals surface area contributed by atoms with Crippen LogP contribution < -0.4 is 11.1 Å². The highest BCUT2D eigenvalue weighted by atomic mass is 79.9. The molecular weight excluding hydrogens is 232 g/mol. The summed E-state index contributed by atoms with van der Waals surface area (Å²) >= 11 is 3.38. The third-order valence-corrected chi connectivity index (χ3v) is 2.76. The molecule has 1 aliphatic rings. The van der Waals surface area contributed by atoms with Crippen molar-refractivity contribution in [3.8, 4) is 0 Å². The second-order valence-electron chi connectivity index (χ2n) is 3.18. The van der Waals surface area contributed by atoms with Crippen LogP contribution in [0, 0.1) is 6.92 Å². The smallest absolute Gasteiger partial charge is 0.246 e. The van der Waals surface area contributed by atoms with Crippen LogP contribution in [0.2, 0.25) is 0 Å². The molecule has 0 saturated carbocycles. The van der Waals surface area contributed by atoms with Crippen LogP contribution in [0.15, 0.2) is 16.6 Å². The highest BCUT2D eigenvalue weighted by molar-refractivity contribution is 9.10. The zero-order chi connectivity index (χ0) is 9.59. The molecule has 1 aliphatic heterocycles. The van der Waals surface area contributed by atoms with Gasteiger partial charge in [0.25, 0.3) is 0 Å². The van der Waals surface area contributed by atoms with E-state index in [2.05, 4.69) is 21.2 Å². The summed E-state index contributed by atoms with van der Waals surface area (Å²) in [6.45, 7) is 1.97. The number of hydrogen-bond donors (Lipinski definition) is 2. The molecule has 1 heterocycles. The molecule has 68 valence electrons. The molecule has 2 rings (SSSR count). The lowest BCUT2D eigenvalue weighted by Crippen LogP contribution is -2.19. The van der Waals surface area contributed by atoms with Gasteiger partial charge in [0.15, 0.2) is 0 Å². The Bertz CT molecular complexity index is 389. The highest BCUT2D eigenvalue weighted by Crippen LogP contribution is 2.36. The molecular formula is C9H9BrN2O. The van der Waals surface area contributed by atoms with E-state index in [0.29, 0.717) is 0 Å². The van der Waals surface area contributed by atoms with Crippen LogP contribution in [0.5, 0.6) is 0 Å². The van der Waals surface area contributed by atoms with Crippen molar-refractivity contribution in [1.29, 1.82) is 0 Å². The number of nitrogens with two attached hydrogens (primary N) is 1. The average Bonchev–Trinajstić information content (AvgIpc) is 2.32. The molecule has 1 unspecified atom stereocenters.